The number of carbonyl (C=O) groups is 2. The lowest BCUT2D eigenvalue weighted by Crippen LogP contribution is -2.41. The van der Waals surface area contributed by atoms with Crippen molar-refractivity contribution in [1.29, 1.82) is 0 Å². The van der Waals surface area contributed by atoms with Gasteiger partial charge in [-0.25, -0.2) is 4.79 Å². The van der Waals surface area contributed by atoms with E-state index >= 15 is 0 Å². The normalized spacial score (nSPS) is 12.6. The van der Waals surface area contributed by atoms with Crippen LogP contribution in [0.25, 0.3) is 0 Å². The summed E-state index contributed by atoms with van der Waals surface area (Å²) in [7, 11) is 1.77. The minimum Gasteiger partial charge on any atom is -0.465 e. The number of carbonyl (C=O) groups excluding carboxylic acids is 1. The van der Waals surface area contributed by atoms with Crippen LogP contribution < -0.4 is 5.32 Å². The fourth-order valence-electron chi connectivity index (χ4n) is 1.39. The average Bonchev–Trinajstić information content (AvgIpc) is 2.31. The van der Waals surface area contributed by atoms with Gasteiger partial charge in [0.15, 0.2) is 0 Å². The van der Waals surface area contributed by atoms with Gasteiger partial charge < -0.3 is 15.2 Å². The molecule has 0 aromatic rings. The van der Waals surface area contributed by atoms with Crippen LogP contribution in [0.1, 0.15) is 26.2 Å². The van der Waals surface area contributed by atoms with Crippen LogP contribution in [0.3, 0.4) is 0 Å². The van der Waals surface area contributed by atoms with E-state index in [0.29, 0.717) is 6.29 Å². The van der Waals surface area contributed by atoms with E-state index in [1.54, 1.807) is 7.05 Å². The summed E-state index contributed by atoms with van der Waals surface area (Å²) in [5.74, 6) is 0. The van der Waals surface area contributed by atoms with Crippen molar-refractivity contribution in [3.63, 3.8) is 0 Å². The zero-order chi connectivity index (χ0) is 13.1. The molecule has 0 fully saturated rings. The van der Waals surface area contributed by atoms with Gasteiger partial charge in [-0.05, 0) is 13.5 Å². The van der Waals surface area contributed by atoms with E-state index in [4.69, 9.17) is 5.11 Å². The molecule has 1 amide bonds. The number of nitrogens with zero attached hydrogens (tertiary/aromatic N) is 1. The number of allylic oxidation sites excluding steroid dienone is 1. The molecule has 17 heavy (non-hydrogen) atoms. The van der Waals surface area contributed by atoms with Crippen molar-refractivity contribution in [1.82, 2.24) is 10.2 Å². The van der Waals surface area contributed by atoms with E-state index in [-0.39, 0.29) is 19.1 Å². The summed E-state index contributed by atoms with van der Waals surface area (Å²) in [5.41, 5.74) is 0. The lowest BCUT2D eigenvalue weighted by Gasteiger charge is -2.21. The quantitative estimate of drug-likeness (QED) is 0.365. The van der Waals surface area contributed by atoms with Crippen LogP contribution in [0.2, 0.25) is 0 Å². The molecule has 2 N–H and O–H groups in total. The summed E-state index contributed by atoms with van der Waals surface area (Å²) in [6.45, 7) is 2.32. The number of rotatable bonds is 9. The highest BCUT2D eigenvalue weighted by atomic mass is 16.4. The van der Waals surface area contributed by atoms with E-state index < -0.39 is 6.09 Å². The second-order valence-corrected chi connectivity index (χ2v) is 3.82. The summed E-state index contributed by atoms with van der Waals surface area (Å²) in [5, 5.41) is 11.9. The van der Waals surface area contributed by atoms with Crippen LogP contribution in [0.5, 0.6) is 0 Å². The van der Waals surface area contributed by atoms with Gasteiger partial charge in [-0.3, -0.25) is 4.90 Å². The Balaban J connectivity index is 4.20. The number of amides is 1. The molecule has 1 unspecified atom stereocenters. The van der Waals surface area contributed by atoms with Crippen molar-refractivity contribution in [2.24, 2.45) is 0 Å². The molecule has 0 aromatic heterocycles. The number of nitrogens with one attached hydrogen (secondary N) is 1. The number of likely N-dealkylation sites (N-methyl/N-ethyl adjacent to an activating group) is 1. The van der Waals surface area contributed by atoms with Gasteiger partial charge in [-0.1, -0.05) is 31.9 Å². The van der Waals surface area contributed by atoms with Crippen molar-refractivity contribution in [2.45, 2.75) is 32.2 Å². The minimum absolute atomic E-state index is 0.0529. The maximum absolute atomic E-state index is 10.8. The summed E-state index contributed by atoms with van der Waals surface area (Å²) in [6.07, 6.45) is 6.79. The maximum atomic E-state index is 10.8. The number of hydrogen-bond acceptors (Lipinski definition) is 3. The molecule has 0 rings (SSSR count). The van der Waals surface area contributed by atoms with Crippen LogP contribution in [0.4, 0.5) is 4.79 Å². The Hall–Kier alpha value is -1.36. The van der Waals surface area contributed by atoms with Crippen LogP contribution in [-0.4, -0.2) is 48.6 Å². The van der Waals surface area contributed by atoms with Crippen LogP contribution >= 0.6 is 0 Å². The fraction of sp³-hybridized carbons (Fsp3) is 0.667. The molecule has 0 heterocycles. The summed E-state index contributed by atoms with van der Waals surface area (Å²) >= 11 is 0. The van der Waals surface area contributed by atoms with Gasteiger partial charge in [-0.15, -0.1) is 0 Å². The topological polar surface area (TPSA) is 69.6 Å². The lowest BCUT2D eigenvalue weighted by atomic mass is 10.2. The second-order valence-electron chi connectivity index (χ2n) is 3.82. The Morgan fingerprint density at radius 1 is 1.53 bits per heavy atom. The predicted molar refractivity (Wildman–Crippen MR) is 67.2 cm³/mol. The highest BCUT2D eigenvalue weighted by Gasteiger charge is 2.14. The highest BCUT2D eigenvalue weighted by molar-refractivity contribution is 5.69. The van der Waals surface area contributed by atoms with E-state index in [0.717, 1.165) is 24.2 Å². The molecule has 0 aliphatic carbocycles. The monoisotopic (exact) mass is 242 g/mol. The van der Waals surface area contributed by atoms with Gasteiger partial charge in [0.1, 0.15) is 6.29 Å². The number of hydrogen-bond donors (Lipinski definition) is 2. The summed E-state index contributed by atoms with van der Waals surface area (Å²) < 4.78 is 0. The van der Waals surface area contributed by atoms with E-state index in [1.807, 2.05) is 12.2 Å². The average molecular weight is 242 g/mol. The summed E-state index contributed by atoms with van der Waals surface area (Å²) in [6, 6.07) is -0.0529. The maximum Gasteiger partial charge on any atom is 0.407 e. The Kier molecular flexibility index (Phi) is 9.05. The smallest absolute Gasteiger partial charge is 0.407 e. The third kappa shape index (κ3) is 7.52. The van der Waals surface area contributed by atoms with Crippen LogP contribution in [0.15, 0.2) is 12.2 Å². The van der Waals surface area contributed by atoms with Gasteiger partial charge in [-0.2, -0.15) is 0 Å². The van der Waals surface area contributed by atoms with E-state index in [9.17, 15) is 9.59 Å². The largest absolute Gasteiger partial charge is 0.465 e. The van der Waals surface area contributed by atoms with Crippen LogP contribution in [-0.2, 0) is 4.79 Å². The molecule has 0 aromatic carbocycles. The third-order valence-electron chi connectivity index (χ3n) is 2.45. The van der Waals surface area contributed by atoms with E-state index in [1.165, 1.54) is 0 Å². The highest BCUT2D eigenvalue weighted by Crippen LogP contribution is 1.99. The molecule has 0 saturated carbocycles. The summed E-state index contributed by atoms with van der Waals surface area (Å²) in [4.78, 5) is 22.3. The molecular formula is C12H22N2O3. The Morgan fingerprint density at radius 3 is 2.71 bits per heavy atom. The minimum atomic E-state index is -1.07. The molecule has 0 radical (unpaired) electrons. The van der Waals surface area contributed by atoms with Crippen molar-refractivity contribution in [3.05, 3.63) is 12.2 Å². The molecule has 0 aliphatic heterocycles. The molecule has 5 heteroatoms. The molecular weight excluding hydrogens is 220 g/mol. The Labute approximate surface area is 102 Å². The first-order valence-corrected chi connectivity index (χ1v) is 5.91. The molecule has 0 aliphatic rings. The van der Waals surface area contributed by atoms with Crippen molar-refractivity contribution in [2.75, 3.05) is 20.1 Å². The van der Waals surface area contributed by atoms with Crippen LogP contribution in [0, 0.1) is 0 Å². The molecule has 98 valence electrons. The molecule has 0 saturated heterocycles. The fourth-order valence-corrected chi connectivity index (χ4v) is 1.39. The Bertz CT molecular complexity index is 254. The van der Waals surface area contributed by atoms with Gasteiger partial charge in [0.2, 0.25) is 0 Å². The van der Waals surface area contributed by atoms with E-state index in [2.05, 4.69) is 12.2 Å². The zero-order valence-electron chi connectivity index (χ0n) is 10.6. The van der Waals surface area contributed by atoms with Crippen molar-refractivity contribution < 1.29 is 14.7 Å². The van der Waals surface area contributed by atoms with Gasteiger partial charge in [0.05, 0.1) is 6.54 Å². The van der Waals surface area contributed by atoms with Crippen molar-refractivity contribution >= 4 is 12.4 Å². The molecule has 0 bridgehead atoms. The SMILES string of the molecule is CCCC/C=C\C(CN(CC=O)C(=O)O)NC. The standard InChI is InChI=1S/C12H22N2O3/c1-3-4-5-6-7-11(13-2)10-14(8-9-15)12(16)17/h6-7,9,11,13H,3-5,8,10H2,1-2H3,(H,16,17)/b7-6-. The number of carboxylic acid groups (broad SMARTS) is 1. The Morgan fingerprint density at radius 2 is 2.24 bits per heavy atom. The lowest BCUT2D eigenvalue weighted by molar-refractivity contribution is -0.108. The van der Waals surface area contributed by atoms with Gasteiger partial charge in [0, 0.05) is 12.6 Å². The van der Waals surface area contributed by atoms with Gasteiger partial charge in [0.25, 0.3) is 0 Å². The predicted octanol–water partition coefficient (Wildman–Crippen LogP) is 1.50. The third-order valence-corrected chi connectivity index (χ3v) is 2.45. The molecule has 0 spiro atoms. The molecule has 1 atom stereocenters. The zero-order valence-corrected chi connectivity index (χ0v) is 10.6. The van der Waals surface area contributed by atoms with Gasteiger partial charge >= 0.3 is 6.09 Å². The first-order chi connectivity index (χ1) is 8.15. The van der Waals surface area contributed by atoms with Crippen molar-refractivity contribution in [3.8, 4) is 0 Å². The number of unbranched alkanes of at least 4 members (excludes halogenated alkanes) is 2. The molecule has 5 nitrogen and oxygen atoms in total. The first-order valence-electron chi connectivity index (χ1n) is 5.91. The first kappa shape index (κ1) is 15.6. The number of aldehydes is 1. The second kappa shape index (κ2) is 9.84.